The van der Waals surface area contributed by atoms with E-state index in [2.05, 4.69) is 23.1 Å². The number of hydrogen-bond acceptors (Lipinski definition) is 4. The Bertz CT molecular complexity index is 821. The second-order valence-electron chi connectivity index (χ2n) is 7.11. The standard InChI is InChI=1S/C21H24N2O3/c1-22-12-17-5-3-2-4-16(17)11-19(22)21(25)23-8-9-26-20-7-6-15(14-24)10-18(20)13-23/h2-7,10,19,24H,8-9,11-14H2,1H3. The average molecular weight is 352 g/mol. The van der Waals surface area contributed by atoms with Crippen molar-refractivity contribution >= 4 is 5.91 Å². The van der Waals surface area contributed by atoms with Crippen LogP contribution in [0.15, 0.2) is 42.5 Å². The summed E-state index contributed by atoms with van der Waals surface area (Å²) >= 11 is 0. The van der Waals surface area contributed by atoms with Crippen LogP contribution < -0.4 is 4.74 Å². The number of likely N-dealkylation sites (N-methyl/N-ethyl adjacent to an activating group) is 1. The molecule has 26 heavy (non-hydrogen) atoms. The molecule has 2 heterocycles. The maximum absolute atomic E-state index is 13.3. The Balaban J connectivity index is 1.56. The predicted octanol–water partition coefficient (Wildman–Crippen LogP) is 1.96. The maximum Gasteiger partial charge on any atom is 0.240 e. The van der Waals surface area contributed by atoms with Gasteiger partial charge in [-0.1, -0.05) is 30.3 Å². The zero-order valence-corrected chi connectivity index (χ0v) is 15.0. The molecule has 1 atom stereocenters. The summed E-state index contributed by atoms with van der Waals surface area (Å²) in [4.78, 5) is 17.3. The molecule has 0 saturated carbocycles. The van der Waals surface area contributed by atoms with Crippen LogP contribution in [0.2, 0.25) is 0 Å². The highest BCUT2D eigenvalue weighted by Crippen LogP contribution is 2.27. The molecular formula is C21H24N2O3. The molecule has 2 aliphatic heterocycles. The Morgan fingerprint density at radius 3 is 2.77 bits per heavy atom. The highest BCUT2D eigenvalue weighted by molar-refractivity contribution is 5.82. The summed E-state index contributed by atoms with van der Waals surface area (Å²) in [5.41, 5.74) is 4.36. The molecular weight excluding hydrogens is 328 g/mol. The lowest BCUT2D eigenvalue weighted by atomic mass is 9.93. The molecule has 0 aliphatic carbocycles. The summed E-state index contributed by atoms with van der Waals surface area (Å²) in [6.45, 7) is 2.37. The fourth-order valence-corrected chi connectivity index (χ4v) is 3.87. The second kappa shape index (κ2) is 7.09. The van der Waals surface area contributed by atoms with Gasteiger partial charge in [0.1, 0.15) is 12.4 Å². The Labute approximate surface area is 153 Å². The number of aliphatic hydroxyl groups excluding tert-OH is 1. The number of rotatable bonds is 2. The van der Waals surface area contributed by atoms with Crippen molar-refractivity contribution in [1.82, 2.24) is 9.80 Å². The third-order valence-electron chi connectivity index (χ3n) is 5.37. The molecule has 0 aromatic heterocycles. The molecule has 136 valence electrons. The van der Waals surface area contributed by atoms with Gasteiger partial charge in [0.05, 0.1) is 19.2 Å². The molecule has 2 aromatic carbocycles. The SMILES string of the molecule is CN1Cc2ccccc2CC1C(=O)N1CCOc2ccc(CO)cc2C1. The highest BCUT2D eigenvalue weighted by Gasteiger charge is 2.33. The van der Waals surface area contributed by atoms with E-state index in [1.807, 2.05) is 36.2 Å². The van der Waals surface area contributed by atoms with Crippen LogP contribution in [0, 0.1) is 0 Å². The summed E-state index contributed by atoms with van der Waals surface area (Å²) in [5.74, 6) is 0.952. The number of carbonyl (C=O) groups excluding carboxylic acids is 1. The van der Waals surface area contributed by atoms with Crippen LogP contribution in [0.25, 0.3) is 0 Å². The number of aliphatic hydroxyl groups is 1. The van der Waals surface area contributed by atoms with Gasteiger partial charge < -0.3 is 14.7 Å². The summed E-state index contributed by atoms with van der Waals surface area (Å²) in [6, 6.07) is 13.9. The van der Waals surface area contributed by atoms with E-state index < -0.39 is 0 Å². The van der Waals surface area contributed by atoms with E-state index in [1.165, 1.54) is 11.1 Å². The van der Waals surface area contributed by atoms with Crippen molar-refractivity contribution in [2.24, 2.45) is 0 Å². The zero-order valence-electron chi connectivity index (χ0n) is 15.0. The van der Waals surface area contributed by atoms with Crippen molar-refractivity contribution in [3.05, 3.63) is 64.7 Å². The van der Waals surface area contributed by atoms with Gasteiger partial charge in [-0.05, 0) is 42.3 Å². The Kier molecular flexibility index (Phi) is 4.66. The molecule has 5 nitrogen and oxygen atoms in total. The molecule has 0 radical (unpaired) electrons. The topological polar surface area (TPSA) is 53.0 Å². The molecule has 2 aliphatic rings. The summed E-state index contributed by atoms with van der Waals surface area (Å²) in [6.07, 6.45) is 0.742. The number of amides is 1. The second-order valence-corrected chi connectivity index (χ2v) is 7.11. The van der Waals surface area contributed by atoms with E-state index in [0.717, 1.165) is 29.8 Å². The number of nitrogens with zero attached hydrogens (tertiary/aromatic N) is 2. The molecule has 0 saturated heterocycles. The van der Waals surface area contributed by atoms with Crippen molar-refractivity contribution in [1.29, 1.82) is 0 Å². The Hall–Kier alpha value is -2.37. The minimum atomic E-state index is -0.146. The van der Waals surface area contributed by atoms with Crippen LogP contribution in [-0.4, -0.2) is 47.1 Å². The molecule has 1 unspecified atom stereocenters. The van der Waals surface area contributed by atoms with Crippen LogP contribution in [0.4, 0.5) is 0 Å². The summed E-state index contributed by atoms with van der Waals surface area (Å²) in [7, 11) is 2.02. The lowest BCUT2D eigenvalue weighted by Crippen LogP contribution is -2.50. The van der Waals surface area contributed by atoms with Gasteiger partial charge in [0, 0.05) is 18.7 Å². The first-order chi connectivity index (χ1) is 12.7. The average Bonchev–Trinajstić information content (AvgIpc) is 2.88. The maximum atomic E-state index is 13.3. The first-order valence-corrected chi connectivity index (χ1v) is 9.07. The minimum absolute atomic E-state index is 0.0105. The van der Waals surface area contributed by atoms with Gasteiger partial charge in [-0.3, -0.25) is 9.69 Å². The normalized spacial score (nSPS) is 19.9. The van der Waals surface area contributed by atoms with E-state index >= 15 is 0 Å². The lowest BCUT2D eigenvalue weighted by molar-refractivity contribution is -0.137. The number of fused-ring (bicyclic) bond motifs is 2. The fraction of sp³-hybridized carbons (Fsp3) is 0.381. The number of benzene rings is 2. The Morgan fingerprint density at radius 2 is 1.96 bits per heavy atom. The van der Waals surface area contributed by atoms with Crippen LogP contribution in [0.1, 0.15) is 22.3 Å². The van der Waals surface area contributed by atoms with Crippen molar-refractivity contribution < 1.29 is 14.6 Å². The molecule has 4 rings (SSSR count). The fourth-order valence-electron chi connectivity index (χ4n) is 3.87. The van der Waals surface area contributed by atoms with E-state index in [1.54, 1.807) is 0 Å². The van der Waals surface area contributed by atoms with Crippen LogP contribution in [0.3, 0.4) is 0 Å². The van der Waals surface area contributed by atoms with E-state index in [4.69, 9.17) is 4.74 Å². The first-order valence-electron chi connectivity index (χ1n) is 9.07. The number of carbonyl (C=O) groups is 1. The quantitative estimate of drug-likeness (QED) is 0.898. The molecule has 5 heteroatoms. The predicted molar refractivity (Wildman–Crippen MR) is 98.7 cm³/mol. The van der Waals surface area contributed by atoms with Gasteiger partial charge in [-0.2, -0.15) is 0 Å². The highest BCUT2D eigenvalue weighted by atomic mass is 16.5. The largest absolute Gasteiger partial charge is 0.491 e. The van der Waals surface area contributed by atoms with Gasteiger partial charge in [0.25, 0.3) is 0 Å². The number of ether oxygens (including phenoxy) is 1. The van der Waals surface area contributed by atoms with Crippen molar-refractivity contribution in [2.45, 2.75) is 32.2 Å². The van der Waals surface area contributed by atoms with E-state index in [-0.39, 0.29) is 18.6 Å². The Morgan fingerprint density at radius 1 is 1.15 bits per heavy atom. The van der Waals surface area contributed by atoms with Gasteiger partial charge in [-0.15, -0.1) is 0 Å². The van der Waals surface area contributed by atoms with Gasteiger partial charge in [0.2, 0.25) is 5.91 Å². The first kappa shape index (κ1) is 17.1. The summed E-state index contributed by atoms with van der Waals surface area (Å²) in [5, 5.41) is 9.39. The molecule has 1 N–H and O–H groups in total. The van der Waals surface area contributed by atoms with Crippen LogP contribution in [-0.2, 0) is 30.9 Å². The summed E-state index contributed by atoms with van der Waals surface area (Å²) < 4.78 is 5.81. The van der Waals surface area contributed by atoms with Crippen molar-refractivity contribution in [3.8, 4) is 5.75 Å². The molecule has 2 aromatic rings. The third-order valence-corrected chi connectivity index (χ3v) is 5.37. The molecule has 1 amide bonds. The van der Waals surface area contributed by atoms with Gasteiger partial charge in [-0.25, -0.2) is 0 Å². The van der Waals surface area contributed by atoms with Crippen LogP contribution in [0.5, 0.6) is 5.75 Å². The van der Waals surface area contributed by atoms with Gasteiger partial charge in [0.15, 0.2) is 0 Å². The monoisotopic (exact) mass is 352 g/mol. The minimum Gasteiger partial charge on any atom is -0.491 e. The zero-order chi connectivity index (χ0) is 18.1. The van der Waals surface area contributed by atoms with Crippen LogP contribution >= 0.6 is 0 Å². The molecule has 0 spiro atoms. The molecule has 0 fully saturated rings. The lowest BCUT2D eigenvalue weighted by Gasteiger charge is -2.36. The molecule has 0 bridgehead atoms. The third kappa shape index (κ3) is 3.20. The van der Waals surface area contributed by atoms with Crippen molar-refractivity contribution in [3.63, 3.8) is 0 Å². The van der Waals surface area contributed by atoms with Crippen molar-refractivity contribution in [2.75, 3.05) is 20.2 Å². The van der Waals surface area contributed by atoms with E-state index in [0.29, 0.717) is 19.7 Å². The number of hydrogen-bond donors (Lipinski definition) is 1. The van der Waals surface area contributed by atoms with Gasteiger partial charge >= 0.3 is 0 Å². The van der Waals surface area contributed by atoms with E-state index in [9.17, 15) is 9.90 Å². The smallest absolute Gasteiger partial charge is 0.240 e.